The minimum Gasteiger partial charge on any atom is -0.481 e. The molecule has 0 aromatic carbocycles. The van der Waals surface area contributed by atoms with Gasteiger partial charge in [-0.1, -0.05) is 12.2 Å². The van der Waals surface area contributed by atoms with E-state index in [9.17, 15) is 19.5 Å². The zero-order valence-electron chi connectivity index (χ0n) is 15.2. The number of carbonyl (C=O) groups is 3. The van der Waals surface area contributed by atoms with Gasteiger partial charge in [0, 0.05) is 4.88 Å². The number of carboxylic acid groups (broad SMARTS) is 1. The average molecular weight is 389 g/mol. The third-order valence-corrected chi connectivity index (χ3v) is 7.14. The minimum atomic E-state index is -0.928. The van der Waals surface area contributed by atoms with Crippen molar-refractivity contribution in [3.8, 4) is 0 Å². The van der Waals surface area contributed by atoms with Crippen LogP contribution in [-0.4, -0.2) is 29.6 Å². The van der Waals surface area contributed by atoms with Crippen LogP contribution in [-0.2, 0) is 27.2 Å². The summed E-state index contributed by atoms with van der Waals surface area (Å²) in [6.45, 7) is 2.03. The van der Waals surface area contributed by atoms with Gasteiger partial charge in [-0.25, -0.2) is 4.79 Å². The topological polar surface area (TPSA) is 92.7 Å². The molecule has 4 atom stereocenters. The van der Waals surface area contributed by atoms with E-state index in [0.717, 1.165) is 36.1 Å². The van der Waals surface area contributed by atoms with Crippen LogP contribution in [0.1, 0.15) is 47.0 Å². The highest BCUT2D eigenvalue weighted by atomic mass is 32.1. The van der Waals surface area contributed by atoms with Gasteiger partial charge in [0.2, 0.25) is 5.91 Å². The summed E-state index contributed by atoms with van der Waals surface area (Å²) in [5, 5.41) is 13.0. The summed E-state index contributed by atoms with van der Waals surface area (Å²) >= 11 is 1.43. The number of ether oxygens (including phenoxy) is 1. The molecule has 4 rings (SSSR count). The normalized spacial score (nSPS) is 28.0. The van der Waals surface area contributed by atoms with Gasteiger partial charge >= 0.3 is 11.9 Å². The number of thiophene rings is 1. The third-order valence-electron chi connectivity index (χ3n) is 5.93. The lowest BCUT2D eigenvalue weighted by Crippen LogP contribution is -2.36. The fourth-order valence-corrected chi connectivity index (χ4v) is 6.07. The van der Waals surface area contributed by atoms with Gasteiger partial charge in [-0.15, -0.1) is 11.3 Å². The van der Waals surface area contributed by atoms with Crippen LogP contribution in [0.3, 0.4) is 0 Å². The van der Waals surface area contributed by atoms with Crippen LogP contribution in [0.4, 0.5) is 5.00 Å². The number of amides is 1. The van der Waals surface area contributed by atoms with Crippen LogP contribution in [0, 0.1) is 23.7 Å². The Morgan fingerprint density at radius 1 is 1.19 bits per heavy atom. The Kier molecular flexibility index (Phi) is 4.80. The van der Waals surface area contributed by atoms with Crippen LogP contribution in [0.2, 0.25) is 0 Å². The largest absolute Gasteiger partial charge is 0.481 e. The van der Waals surface area contributed by atoms with Crippen LogP contribution in [0.15, 0.2) is 12.2 Å². The van der Waals surface area contributed by atoms with Gasteiger partial charge in [0.25, 0.3) is 0 Å². The Hall–Kier alpha value is -2.15. The maximum atomic E-state index is 13.0. The fourth-order valence-electron chi connectivity index (χ4n) is 4.78. The summed E-state index contributed by atoms with van der Waals surface area (Å²) in [5.74, 6) is -3.05. The van der Waals surface area contributed by atoms with Gasteiger partial charge in [-0.2, -0.15) is 0 Å². The standard InChI is InChI=1S/C20H23NO5S/c1-2-26-20(25)16-12-5-3-4-6-13(12)27-18(16)21-17(22)14-10-7-8-11(9-10)15(14)19(23)24/h7-8,10-11,14-15H,2-6,9H2,1H3,(H,21,22)(H,23,24)/t10-,11-,14+,15+/m1/s1. The summed E-state index contributed by atoms with van der Waals surface area (Å²) in [4.78, 5) is 38.4. The molecule has 1 aromatic rings. The molecule has 0 unspecified atom stereocenters. The summed E-state index contributed by atoms with van der Waals surface area (Å²) in [6, 6.07) is 0. The molecule has 6 nitrogen and oxygen atoms in total. The van der Waals surface area contributed by atoms with Gasteiger partial charge in [0.05, 0.1) is 24.0 Å². The first-order valence-corrected chi connectivity index (χ1v) is 10.4. The van der Waals surface area contributed by atoms with Crippen molar-refractivity contribution < 1.29 is 24.2 Å². The number of anilines is 1. The Morgan fingerprint density at radius 2 is 1.89 bits per heavy atom. The molecule has 2 N–H and O–H groups in total. The van der Waals surface area contributed by atoms with Crippen LogP contribution in [0.25, 0.3) is 0 Å². The SMILES string of the molecule is CCOC(=O)c1c(NC(=O)[C@@H]2[C@@H](C(=O)O)[C@@H]3C=C[C@@H]2C3)sc2c1CCCC2. The van der Waals surface area contributed by atoms with Crippen molar-refractivity contribution in [2.24, 2.45) is 23.7 Å². The lowest BCUT2D eigenvalue weighted by Gasteiger charge is -2.23. The molecule has 0 saturated heterocycles. The van der Waals surface area contributed by atoms with Crippen LogP contribution >= 0.6 is 11.3 Å². The van der Waals surface area contributed by atoms with E-state index in [1.807, 2.05) is 12.2 Å². The van der Waals surface area contributed by atoms with E-state index in [1.54, 1.807) is 6.92 Å². The summed E-state index contributed by atoms with van der Waals surface area (Å²) in [5.41, 5.74) is 1.46. The second kappa shape index (κ2) is 7.11. The van der Waals surface area contributed by atoms with Gasteiger partial charge in [0.1, 0.15) is 5.00 Å². The first-order valence-electron chi connectivity index (χ1n) is 9.55. The lowest BCUT2D eigenvalue weighted by atomic mass is 9.82. The predicted octanol–water partition coefficient (Wildman–Crippen LogP) is 3.27. The Morgan fingerprint density at radius 3 is 2.59 bits per heavy atom. The number of carboxylic acids is 1. The molecule has 0 aliphatic heterocycles. The molecule has 2 bridgehead atoms. The number of hydrogen-bond donors (Lipinski definition) is 2. The maximum absolute atomic E-state index is 13.0. The molecule has 144 valence electrons. The molecule has 3 aliphatic carbocycles. The molecule has 1 saturated carbocycles. The quantitative estimate of drug-likeness (QED) is 0.596. The molecule has 1 fully saturated rings. The highest BCUT2D eigenvalue weighted by Crippen LogP contribution is 2.49. The second-order valence-corrected chi connectivity index (χ2v) is 8.57. The van der Waals surface area contributed by atoms with E-state index in [2.05, 4.69) is 5.32 Å². The van der Waals surface area contributed by atoms with Crippen molar-refractivity contribution in [3.05, 3.63) is 28.2 Å². The monoisotopic (exact) mass is 389 g/mol. The molecular formula is C20H23NO5S. The number of rotatable bonds is 5. The number of carbonyl (C=O) groups excluding carboxylic acids is 2. The van der Waals surface area contributed by atoms with Crippen LogP contribution < -0.4 is 5.32 Å². The molecule has 1 amide bonds. The second-order valence-electron chi connectivity index (χ2n) is 7.46. The highest BCUT2D eigenvalue weighted by Gasteiger charge is 2.51. The van der Waals surface area contributed by atoms with Crippen LogP contribution in [0.5, 0.6) is 0 Å². The number of hydrogen-bond acceptors (Lipinski definition) is 5. The van der Waals surface area contributed by atoms with E-state index < -0.39 is 23.8 Å². The molecule has 1 heterocycles. The number of nitrogens with one attached hydrogen (secondary N) is 1. The van der Waals surface area contributed by atoms with Gasteiger partial charge < -0.3 is 15.2 Å². The number of allylic oxidation sites excluding steroid dienone is 2. The van der Waals surface area contributed by atoms with Crippen molar-refractivity contribution in [2.45, 2.75) is 39.0 Å². The summed E-state index contributed by atoms with van der Waals surface area (Å²) < 4.78 is 5.22. The number of aliphatic carboxylic acids is 1. The number of fused-ring (bicyclic) bond motifs is 3. The van der Waals surface area contributed by atoms with E-state index in [-0.39, 0.29) is 24.3 Å². The molecule has 0 radical (unpaired) electrons. The Labute approximate surface area is 161 Å². The van der Waals surface area contributed by atoms with E-state index in [0.29, 0.717) is 17.0 Å². The third kappa shape index (κ3) is 3.08. The molecular weight excluding hydrogens is 366 g/mol. The Balaban J connectivity index is 1.63. The molecule has 0 spiro atoms. The Bertz CT molecular complexity index is 827. The molecule has 7 heteroatoms. The van der Waals surface area contributed by atoms with Crippen molar-refractivity contribution in [1.82, 2.24) is 0 Å². The smallest absolute Gasteiger partial charge is 0.341 e. The van der Waals surface area contributed by atoms with Gasteiger partial charge in [0.15, 0.2) is 0 Å². The van der Waals surface area contributed by atoms with Gasteiger partial charge in [-0.05, 0) is 56.4 Å². The van der Waals surface area contributed by atoms with E-state index in [4.69, 9.17) is 4.74 Å². The number of aryl methyl sites for hydroxylation is 1. The summed E-state index contributed by atoms with van der Waals surface area (Å²) in [7, 11) is 0. The van der Waals surface area contributed by atoms with Crippen molar-refractivity contribution in [1.29, 1.82) is 0 Å². The van der Waals surface area contributed by atoms with Crippen molar-refractivity contribution >= 4 is 34.2 Å². The maximum Gasteiger partial charge on any atom is 0.341 e. The lowest BCUT2D eigenvalue weighted by molar-refractivity contribution is -0.146. The fraction of sp³-hybridized carbons (Fsp3) is 0.550. The molecule has 3 aliphatic rings. The average Bonchev–Trinajstić information content (AvgIpc) is 3.33. The first-order chi connectivity index (χ1) is 13.0. The first kappa shape index (κ1) is 18.2. The highest BCUT2D eigenvalue weighted by molar-refractivity contribution is 7.17. The van der Waals surface area contributed by atoms with Crippen molar-refractivity contribution in [3.63, 3.8) is 0 Å². The summed E-state index contributed by atoms with van der Waals surface area (Å²) in [6.07, 6.45) is 8.38. The molecule has 1 aromatic heterocycles. The van der Waals surface area contributed by atoms with Gasteiger partial charge in [-0.3, -0.25) is 9.59 Å². The predicted molar refractivity (Wildman–Crippen MR) is 101 cm³/mol. The zero-order valence-corrected chi connectivity index (χ0v) is 16.0. The van der Waals surface area contributed by atoms with Crippen molar-refractivity contribution in [2.75, 3.05) is 11.9 Å². The number of esters is 1. The van der Waals surface area contributed by atoms with E-state index >= 15 is 0 Å². The molecule has 27 heavy (non-hydrogen) atoms. The minimum absolute atomic E-state index is 0.0447. The zero-order chi connectivity index (χ0) is 19.1. The van der Waals surface area contributed by atoms with E-state index in [1.165, 1.54) is 11.3 Å².